The number of nitrogens with two attached hydrogens (primary N) is 1. The van der Waals surface area contributed by atoms with E-state index >= 15 is 0 Å². The van der Waals surface area contributed by atoms with Crippen molar-refractivity contribution in [1.29, 1.82) is 0 Å². The maximum atomic E-state index is 5.96. The fourth-order valence-electron chi connectivity index (χ4n) is 3.51. The second-order valence-electron chi connectivity index (χ2n) is 6.16. The van der Waals surface area contributed by atoms with Crippen LogP contribution in [0.1, 0.15) is 45.2 Å². The zero-order valence-corrected chi connectivity index (χ0v) is 12.9. The second kappa shape index (κ2) is 5.54. The van der Waals surface area contributed by atoms with Crippen molar-refractivity contribution >= 4 is 5.69 Å². The molecule has 1 aromatic carbocycles. The van der Waals surface area contributed by atoms with Crippen LogP contribution in [0.25, 0.3) is 0 Å². The van der Waals surface area contributed by atoms with E-state index in [1.807, 2.05) is 0 Å². The number of hydrogen-bond donors (Lipinski definition) is 1. The van der Waals surface area contributed by atoms with Gasteiger partial charge in [0.05, 0.1) is 0 Å². The molecule has 1 aliphatic heterocycles. The summed E-state index contributed by atoms with van der Waals surface area (Å²) in [5.41, 5.74) is 10.6. The first kappa shape index (κ1) is 14.4. The molecule has 2 rings (SSSR count). The zero-order chi connectivity index (χ0) is 14.0. The molecule has 1 atom stereocenters. The van der Waals surface area contributed by atoms with E-state index in [0.29, 0.717) is 5.92 Å². The van der Waals surface area contributed by atoms with Gasteiger partial charge < -0.3 is 10.6 Å². The van der Waals surface area contributed by atoms with Crippen LogP contribution >= 0.6 is 0 Å². The largest absolute Gasteiger partial charge is 0.366 e. The molecule has 1 fully saturated rings. The highest BCUT2D eigenvalue weighted by atomic mass is 15.2. The third-order valence-electron chi connectivity index (χ3n) is 4.92. The van der Waals surface area contributed by atoms with Crippen molar-refractivity contribution in [2.24, 2.45) is 11.7 Å². The summed E-state index contributed by atoms with van der Waals surface area (Å²) in [4.78, 5) is 2.61. The lowest BCUT2D eigenvalue weighted by atomic mass is 9.87. The van der Waals surface area contributed by atoms with Crippen LogP contribution in [0.3, 0.4) is 0 Å². The topological polar surface area (TPSA) is 29.3 Å². The first-order chi connectivity index (χ1) is 9.06. The maximum Gasteiger partial charge on any atom is 0.0435 e. The van der Waals surface area contributed by atoms with Gasteiger partial charge in [0.25, 0.3) is 0 Å². The molecule has 1 aromatic rings. The first-order valence-electron chi connectivity index (χ1n) is 7.64. The molecule has 0 saturated carbocycles. The van der Waals surface area contributed by atoms with Crippen molar-refractivity contribution in [2.45, 2.75) is 52.5 Å². The standard InChI is InChI=1S/C17H28N2/c1-5-13-8-7-9-14(6-2)16(13)19-11-10-15(12-18)17(19,3)4/h7-9,15H,5-6,10-12,18H2,1-4H3. The number of benzene rings is 1. The predicted molar refractivity (Wildman–Crippen MR) is 83.8 cm³/mol. The molecule has 1 unspecified atom stereocenters. The maximum absolute atomic E-state index is 5.96. The summed E-state index contributed by atoms with van der Waals surface area (Å²) >= 11 is 0. The minimum absolute atomic E-state index is 0.171. The molecular formula is C17H28N2. The minimum Gasteiger partial charge on any atom is -0.366 e. The molecule has 2 heteroatoms. The van der Waals surface area contributed by atoms with Crippen LogP contribution in [-0.2, 0) is 12.8 Å². The number of hydrogen-bond acceptors (Lipinski definition) is 2. The van der Waals surface area contributed by atoms with Gasteiger partial charge in [-0.05, 0) is 56.7 Å². The van der Waals surface area contributed by atoms with E-state index in [9.17, 15) is 0 Å². The van der Waals surface area contributed by atoms with Crippen LogP contribution in [0.15, 0.2) is 18.2 Å². The van der Waals surface area contributed by atoms with Gasteiger partial charge in [0, 0.05) is 17.8 Å². The number of rotatable bonds is 4. The van der Waals surface area contributed by atoms with Crippen molar-refractivity contribution in [2.75, 3.05) is 18.0 Å². The summed E-state index contributed by atoms with van der Waals surface area (Å²) in [6, 6.07) is 6.76. The molecule has 2 nitrogen and oxygen atoms in total. The van der Waals surface area contributed by atoms with Crippen LogP contribution in [0, 0.1) is 5.92 Å². The second-order valence-corrected chi connectivity index (χ2v) is 6.16. The summed E-state index contributed by atoms with van der Waals surface area (Å²) < 4.78 is 0. The van der Waals surface area contributed by atoms with E-state index in [4.69, 9.17) is 5.73 Å². The fraction of sp³-hybridized carbons (Fsp3) is 0.647. The van der Waals surface area contributed by atoms with Gasteiger partial charge in [0.15, 0.2) is 0 Å². The normalized spacial score (nSPS) is 21.9. The van der Waals surface area contributed by atoms with Gasteiger partial charge in [-0.25, -0.2) is 0 Å². The third-order valence-corrected chi connectivity index (χ3v) is 4.92. The summed E-state index contributed by atoms with van der Waals surface area (Å²) in [6.07, 6.45) is 3.41. The van der Waals surface area contributed by atoms with Crippen molar-refractivity contribution < 1.29 is 0 Å². The lowest BCUT2D eigenvalue weighted by molar-refractivity contribution is 0.373. The highest BCUT2D eigenvalue weighted by molar-refractivity contribution is 5.62. The van der Waals surface area contributed by atoms with Gasteiger partial charge >= 0.3 is 0 Å². The van der Waals surface area contributed by atoms with E-state index in [1.54, 1.807) is 0 Å². The molecule has 0 amide bonds. The Balaban J connectivity index is 2.47. The molecule has 0 radical (unpaired) electrons. The van der Waals surface area contributed by atoms with Gasteiger partial charge in [-0.1, -0.05) is 32.0 Å². The Bertz CT molecular complexity index is 415. The molecule has 1 saturated heterocycles. The van der Waals surface area contributed by atoms with E-state index in [-0.39, 0.29) is 5.54 Å². The zero-order valence-electron chi connectivity index (χ0n) is 12.9. The van der Waals surface area contributed by atoms with Crippen molar-refractivity contribution in [3.05, 3.63) is 29.3 Å². The molecule has 1 heterocycles. The number of para-hydroxylation sites is 1. The predicted octanol–water partition coefficient (Wildman–Crippen LogP) is 3.38. The summed E-state index contributed by atoms with van der Waals surface area (Å²) in [7, 11) is 0. The molecular weight excluding hydrogens is 232 g/mol. The molecule has 2 N–H and O–H groups in total. The lowest BCUT2D eigenvalue weighted by Crippen LogP contribution is -2.45. The van der Waals surface area contributed by atoms with Crippen LogP contribution in [0.4, 0.5) is 5.69 Å². The summed E-state index contributed by atoms with van der Waals surface area (Å²) in [6.45, 7) is 11.1. The highest BCUT2D eigenvalue weighted by Crippen LogP contribution is 2.41. The van der Waals surface area contributed by atoms with E-state index in [1.165, 1.54) is 23.2 Å². The quantitative estimate of drug-likeness (QED) is 0.899. The Hall–Kier alpha value is -1.02. The Morgan fingerprint density at radius 2 is 1.79 bits per heavy atom. The Kier molecular flexibility index (Phi) is 4.19. The lowest BCUT2D eigenvalue weighted by Gasteiger charge is -2.39. The number of aryl methyl sites for hydroxylation is 2. The van der Waals surface area contributed by atoms with Gasteiger partial charge in [0.1, 0.15) is 0 Å². The Labute approximate surface area is 118 Å². The third kappa shape index (κ3) is 2.38. The molecule has 0 bridgehead atoms. The highest BCUT2D eigenvalue weighted by Gasteiger charge is 2.41. The van der Waals surface area contributed by atoms with Crippen LogP contribution < -0.4 is 10.6 Å². The molecule has 0 aromatic heterocycles. The van der Waals surface area contributed by atoms with Crippen LogP contribution in [0.5, 0.6) is 0 Å². The fourth-order valence-corrected chi connectivity index (χ4v) is 3.51. The van der Waals surface area contributed by atoms with Gasteiger partial charge in [-0.15, -0.1) is 0 Å². The Morgan fingerprint density at radius 1 is 1.21 bits per heavy atom. The summed E-state index contributed by atoms with van der Waals surface area (Å²) in [5.74, 6) is 0.599. The molecule has 0 spiro atoms. The monoisotopic (exact) mass is 260 g/mol. The molecule has 0 aliphatic carbocycles. The minimum atomic E-state index is 0.171. The van der Waals surface area contributed by atoms with Crippen molar-refractivity contribution in [3.63, 3.8) is 0 Å². The van der Waals surface area contributed by atoms with Gasteiger partial charge in [0.2, 0.25) is 0 Å². The number of anilines is 1. The van der Waals surface area contributed by atoms with Crippen molar-refractivity contribution in [1.82, 2.24) is 0 Å². The first-order valence-corrected chi connectivity index (χ1v) is 7.64. The van der Waals surface area contributed by atoms with E-state index in [0.717, 1.165) is 25.9 Å². The van der Waals surface area contributed by atoms with E-state index < -0.39 is 0 Å². The molecule has 1 aliphatic rings. The smallest absolute Gasteiger partial charge is 0.0435 e. The molecule has 106 valence electrons. The van der Waals surface area contributed by atoms with Gasteiger partial charge in [-0.2, -0.15) is 0 Å². The SMILES string of the molecule is CCc1cccc(CC)c1N1CCC(CN)C1(C)C. The van der Waals surface area contributed by atoms with Gasteiger partial charge in [-0.3, -0.25) is 0 Å². The summed E-state index contributed by atoms with van der Waals surface area (Å²) in [5, 5.41) is 0. The number of nitrogens with zero attached hydrogens (tertiary/aromatic N) is 1. The van der Waals surface area contributed by atoms with Crippen molar-refractivity contribution in [3.8, 4) is 0 Å². The average molecular weight is 260 g/mol. The van der Waals surface area contributed by atoms with E-state index in [2.05, 4.69) is 50.8 Å². The molecule has 19 heavy (non-hydrogen) atoms. The Morgan fingerprint density at radius 3 is 2.21 bits per heavy atom. The van der Waals surface area contributed by atoms with Crippen LogP contribution in [-0.4, -0.2) is 18.6 Å². The van der Waals surface area contributed by atoms with Crippen LogP contribution in [0.2, 0.25) is 0 Å². The average Bonchev–Trinajstić information content (AvgIpc) is 2.71.